The summed E-state index contributed by atoms with van der Waals surface area (Å²) in [6.45, 7) is 7.77. The van der Waals surface area contributed by atoms with Crippen molar-refractivity contribution in [2.75, 3.05) is 13.2 Å². The molecule has 0 aliphatic heterocycles. The molecule has 0 fully saturated rings. The zero-order valence-corrected chi connectivity index (χ0v) is 21.6. The highest BCUT2D eigenvalue weighted by Crippen LogP contribution is 2.21. The van der Waals surface area contributed by atoms with Gasteiger partial charge in [-0.2, -0.15) is 13.5 Å². The van der Waals surface area contributed by atoms with Crippen LogP contribution < -0.4 is 10.3 Å². The van der Waals surface area contributed by atoms with Gasteiger partial charge < -0.3 is 9.47 Å². The number of pyridine rings is 1. The molecule has 1 aromatic carbocycles. The third-order valence-corrected chi connectivity index (χ3v) is 6.50. The number of aromatic nitrogens is 3. The zero-order valence-electron chi connectivity index (χ0n) is 20.0. The van der Waals surface area contributed by atoms with E-state index in [1.807, 2.05) is 33.8 Å². The van der Waals surface area contributed by atoms with E-state index in [0.29, 0.717) is 5.69 Å². The van der Waals surface area contributed by atoms with Gasteiger partial charge in [-0.3, -0.25) is 14.0 Å². The molecule has 0 saturated heterocycles. The number of halogens is 1. The van der Waals surface area contributed by atoms with E-state index in [1.165, 1.54) is 23.0 Å². The van der Waals surface area contributed by atoms with Crippen LogP contribution in [0.1, 0.15) is 37.6 Å². The third-order valence-electron chi connectivity index (χ3n) is 4.83. The predicted octanol–water partition coefficient (Wildman–Crippen LogP) is 3.86. The summed E-state index contributed by atoms with van der Waals surface area (Å²) in [4.78, 5) is 16.8. The van der Waals surface area contributed by atoms with Crippen LogP contribution in [-0.4, -0.2) is 36.4 Å². The van der Waals surface area contributed by atoms with Gasteiger partial charge in [0.1, 0.15) is 6.61 Å². The molecule has 0 amide bonds. The van der Waals surface area contributed by atoms with Crippen molar-refractivity contribution >= 4 is 21.7 Å². The first kappa shape index (κ1) is 26.8. The van der Waals surface area contributed by atoms with Crippen molar-refractivity contribution in [1.82, 2.24) is 14.8 Å². The van der Waals surface area contributed by atoms with E-state index in [0.717, 1.165) is 11.1 Å². The summed E-state index contributed by atoms with van der Waals surface area (Å²) in [6.07, 6.45) is 3.04. The molecular formula is C24H28ClN3O6S. The molecular weight excluding hydrogens is 494 g/mol. The second-order valence-electron chi connectivity index (χ2n) is 8.80. The van der Waals surface area contributed by atoms with E-state index in [9.17, 15) is 13.2 Å². The number of rotatable bonds is 10. The Kier molecular flexibility index (Phi) is 8.65. The Balaban J connectivity index is 1.45. The van der Waals surface area contributed by atoms with Gasteiger partial charge in [0, 0.05) is 11.8 Å². The lowest BCUT2D eigenvalue weighted by Gasteiger charge is -2.21. The average molecular weight is 522 g/mol. The molecule has 0 unspecified atom stereocenters. The van der Waals surface area contributed by atoms with Crippen molar-refractivity contribution in [3.8, 4) is 5.75 Å². The average Bonchev–Trinajstić information content (AvgIpc) is 2.80. The van der Waals surface area contributed by atoms with E-state index in [2.05, 4.69) is 10.1 Å². The molecule has 0 spiro atoms. The molecule has 3 aromatic rings. The van der Waals surface area contributed by atoms with Crippen LogP contribution in [0.2, 0.25) is 5.02 Å². The Morgan fingerprint density at radius 3 is 2.34 bits per heavy atom. The Hall–Kier alpha value is -2.79. The van der Waals surface area contributed by atoms with Gasteiger partial charge in [-0.05, 0) is 45.9 Å². The minimum atomic E-state index is -3.82. The van der Waals surface area contributed by atoms with E-state index < -0.39 is 21.2 Å². The van der Waals surface area contributed by atoms with Gasteiger partial charge in [0.25, 0.3) is 15.7 Å². The van der Waals surface area contributed by atoms with Crippen LogP contribution in [0.4, 0.5) is 0 Å². The number of hydrogen-bond acceptors (Lipinski definition) is 8. The van der Waals surface area contributed by atoms with Crippen LogP contribution in [-0.2, 0) is 37.8 Å². The maximum atomic E-state index is 12.4. The first-order valence-electron chi connectivity index (χ1n) is 10.9. The van der Waals surface area contributed by atoms with Crippen molar-refractivity contribution in [1.29, 1.82) is 0 Å². The molecule has 0 aliphatic carbocycles. The molecule has 0 aliphatic rings. The van der Waals surface area contributed by atoms with Crippen molar-refractivity contribution in [3.05, 3.63) is 81.0 Å². The van der Waals surface area contributed by atoms with Crippen LogP contribution in [0.3, 0.4) is 0 Å². The number of hydrogen-bond donors (Lipinski definition) is 0. The van der Waals surface area contributed by atoms with Gasteiger partial charge >= 0.3 is 0 Å². The monoisotopic (exact) mass is 521 g/mol. The Labute approximate surface area is 209 Å². The van der Waals surface area contributed by atoms with Crippen LogP contribution in [0.5, 0.6) is 5.75 Å². The summed E-state index contributed by atoms with van der Waals surface area (Å²) in [5.41, 5.74) is 1.46. The summed E-state index contributed by atoms with van der Waals surface area (Å²) in [5.74, 6) is 0.199. The largest absolute Gasteiger partial charge is 0.485 e. The minimum absolute atomic E-state index is 0.0282. The van der Waals surface area contributed by atoms with Crippen molar-refractivity contribution in [2.45, 2.75) is 51.3 Å². The smallest absolute Gasteiger partial charge is 0.297 e. The molecule has 3 rings (SSSR count). The van der Waals surface area contributed by atoms with Gasteiger partial charge in [-0.15, -0.1) is 0 Å². The van der Waals surface area contributed by atoms with Crippen LogP contribution in [0.15, 0.2) is 58.5 Å². The van der Waals surface area contributed by atoms with Crippen LogP contribution >= 0.6 is 11.6 Å². The standard InChI is InChI=1S/C24H28ClN3O6S/c1-17-5-9-20(10-6-17)35(30,31)34-12-11-32-16-19-8-7-18(13-26-19)15-33-21-14-27-28(24(2,3)4)23(29)22(21)25/h5-10,13-14H,11-12,15-16H2,1-4H3. The molecule has 0 saturated carbocycles. The van der Waals surface area contributed by atoms with Crippen LogP contribution in [0.25, 0.3) is 0 Å². The summed E-state index contributed by atoms with van der Waals surface area (Å²) in [6, 6.07) is 10.00. The molecule has 11 heteroatoms. The summed E-state index contributed by atoms with van der Waals surface area (Å²) >= 11 is 6.17. The predicted molar refractivity (Wildman–Crippen MR) is 131 cm³/mol. The lowest BCUT2D eigenvalue weighted by Crippen LogP contribution is -2.36. The van der Waals surface area contributed by atoms with Gasteiger partial charge in [-0.25, -0.2) is 4.68 Å². The van der Waals surface area contributed by atoms with E-state index in [-0.39, 0.29) is 42.1 Å². The quantitative estimate of drug-likeness (QED) is 0.292. The number of nitrogens with zero attached hydrogens (tertiary/aromatic N) is 3. The minimum Gasteiger partial charge on any atom is -0.485 e. The molecule has 35 heavy (non-hydrogen) atoms. The number of ether oxygens (including phenoxy) is 2. The fourth-order valence-corrected chi connectivity index (χ4v) is 4.01. The second kappa shape index (κ2) is 11.3. The first-order valence-corrected chi connectivity index (χ1v) is 12.6. The molecule has 9 nitrogen and oxygen atoms in total. The molecule has 2 aromatic heterocycles. The topological polar surface area (TPSA) is 110 Å². The fourth-order valence-electron chi connectivity index (χ4n) is 2.94. The highest BCUT2D eigenvalue weighted by molar-refractivity contribution is 7.86. The molecule has 188 valence electrons. The SMILES string of the molecule is Cc1ccc(S(=O)(=O)OCCOCc2ccc(COc3cnn(C(C)(C)C)c(=O)c3Cl)cn2)cc1. The van der Waals surface area contributed by atoms with Crippen molar-refractivity contribution in [3.63, 3.8) is 0 Å². The molecule has 0 atom stereocenters. The van der Waals surface area contributed by atoms with Crippen LogP contribution in [0, 0.1) is 6.92 Å². The fraction of sp³-hybridized carbons (Fsp3) is 0.375. The zero-order chi connectivity index (χ0) is 25.6. The second-order valence-corrected chi connectivity index (χ2v) is 10.8. The highest BCUT2D eigenvalue weighted by atomic mass is 35.5. The number of benzene rings is 1. The molecule has 0 radical (unpaired) electrons. The van der Waals surface area contributed by atoms with E-state index >= 15 is 0 Å². The number of aryl methyl sites for hydroxylation is 1. The van der Waals surface area contributed by atoms with E-state index in [4.69, 9.17) is 25.3 Å². The molecule has 0 bridgehead atoms. The molecule has 2 heterocycles. The highest BCUT2D eigenvalue weighted by Gasteiger charge is 2.20. The Bertz CT molecular complexity index is 1300. The first-order chi connectivity index (χ1) is 16.5. The summed E-state index contributed by atoms with van der Waals surface area (Å²) in [7, 11) is -3.82. The van der Waals surface area contributed by atoms with Gasteiger partial charge in [-0.1, -0.05) is 35.4 Å². The maximum absolute atomic E-state index is 12.4. The van der Waals surface area contributed by atoms with Gasteiger partial charge in [0.05, 0.1) is 42.1 Å². The third kappa shape index (κ3) is 7.35. The Morgan fingerprint density at radius 1 is 1.00 bits per heavy atom. The Morgan fingerprint density at radius 2 is 1.71 bits per heavy atom. The lowest BCUT2D eigenvalue weighted by molar-refractivity contribution is 0.0887. The molecule has 0 N–H and O–H groups in total. The normalized spacial score (nSPS) is 12.0. The maximum Gasteiger partial charge on any atom is 0.297 e. The van der Waals surface area contributed by atoms with Crippen molar-refractivity contribution in [2.24, 2.45) is 0 Å². The van der Waals surface area contributed by atoms with Gasteiger partial charge in [0.2, 0.25) is 0 Å². The van der Waals surface area contributed by atoms with Crippen molar-refractivity contribution < 1.29 is 22.1 Å². The van der Waals surface area contributed by atoms with Gasteiger partial charge in [0.15, 0.2) is 10.8 Å². The lowest BCUT2D eigenvalue weighted by atomic mass is 10.1. The summed E-state index contributed by atoms with van der Waals surface area (Å²) in [5, 5.41) is 4.11. The summed E-state index contributed by atoms with van der Waals surface area (Å²) < 4.78 is 41.7. The van der Waals surface area contributed by atoms with E-state index in [1.54, 1.807) is 24.4 Å².